The number of aryl methyl sites for hydroxylation is 1. The second kappa shape index (κ2) is 4.21. The highest BCUT2D eigenvalue weighted by Crippen LogP contribution is 2.22. The van der Waals surface area contributed by atoms with Gasteiger partial charge in [-0.25, -0.2) is 4.79 Å². The molecule has 0 aliphatic rings. The average Bonchev–Trinajstić information content (AvgIpc) is 2.17. The number of carbonyl (C=O) groups excluding carboxylic acids is 1. The highest BCUT2D eigenvalue weighted by Gasteiger charge is 2.19. The van der Waals surface area contributed by atoms with Gasteiger partial charge >= 0.3 is 0 Å². The van der Waals surface area contributed by atoms with Crippen LogP contribution in [0.25, 0.3) is 0 Å². The zero-order valence-corrected chi connectivity index (χ0v) is 8.89. The van der Waals surface area contributed by atoms with Crippen molar-refractivity contribution in [2.24, 2.45) is 4.40 Å². The summed E-state index contributed by atoms with van der Waals surface area (Å²) in [4.78, 5) is 19.3. The monoisotopic (exact) mass is 242 g/mol. The first-order valence-electron chi connectivity index (χ1n) is 3.97. The molecule has 0 atom stereocenters. The maximum Gasteiger partial charge on any atom is 0.293 e. The van der Waals surface area contributed by atoms with E-state index in [-0.39, 0.29) is 16.1 Å². The molecule has 16 heavy (non-hydrogen) atoms. The maximum atomic E-state index is 11.4. The quantitative estimate of drug-likeness (QED) is 0.339. The Kier molecular flexibility index (Phi) is 3.17. The summed E-state index contributed by atoms with van der Waals surface area (Å²) in [6.07, 6.45) is 0.900. The minimum atomic E-state index is -4.20. The van der Waals surface area contributed by atoms with Crippen molar-refractivity contribution >= 4 is 21.8 Å². The van der Waals surface area contributed by atoms with Crippen molar-refractivity contribution in [1.29, 1.82) is 0 Å². The summed E-state index contributed by atoms with van der Waals surface area (Å²) in [6.45, 7) is 1.44. The Morgan fingerprint density at radius 3 is 2.56 bits per heavy atom. The zero-order chi connectivity index (χ0) is 12.3. The maximum absolute atomic E-state index is 11.4. The van der Waals surface area contributed by atoms with Gasteiger partial charge in [0.1, 0.15) is 0 Å². The van der Waals surface area contributed by atoms with Gasteiger partial charge < -0.3 is 0 Å². The minimum absolute atomic E-state index is 0.268. The predicted molar refractivity (Wildman–Crippen MR) is 53.1 cm³/mol. The van der Waals surface area contributed by atoms with Crippen LogP contribution in [-0.2, 0) is 14.8 Å². The minimum Gasteiger partial charge on any atom is -0.258 e. The van der Waals surface area contributed by atoms with E-state index in [0.717, 1.165) is 12.1 Å². The SMILES string of the molecule is Cc1ccc([N+](=O)[O-])cc1S(=O)(=O)N=C=O. The van der Waals surface area contributed by atoms with Crippen molar-refractivity contribution in [1.82, 2.24) is 0 Å². The smallest absolute Gasteiger partial charge is 0.258 e. The largest absolute Gasteiger partial charge is 0.293 e. The summed E-state index contributed by atoms with van der Waals surface area (Å²) in [5.41, 5.74) is -0.116. The first-order valence-corrected chi connectivity index (χ1v) is 5.41. The molecule has 0 aromatic heterocycles. The first-order chi connectivity index (χ1) is 7.38. The fourth-order valence-electron chi connectivity index (χ4n) is 1.08. The van der Waals surface area contributed by atoms with E-state index in [9.17, 15) is 23.3 Å². The molecule has 0 radical (unpaired) electrons. The molecule has 84 valence electrons. The number of nitro benzene ring substituents is 1. The Morgan fingerprint density at radius 1 is 1.44 bits per heavy atom. The Bertz CT molecular complexity index is 586. The Morgan fingerprint density at radius 2 is 2.06 bits per heavy atom. The number of nitrogens with zero attached hydrogens (tertiary/aromatic N) is 2. The van der Waals surface area contributed by atoms with Crippen LogP contribution in [0, 0.1) is 17.0 Å². The highest BCUT2D eigenvalue weighted by molar-refractivity contribution is 7.90. The van der Waals surface area contributed by atoms with Crippen LogP contribution >= 0.6 is 0 Å². The Balaban J connectivity index is 3.50. The molecule has 0 aliphatic carbocycles. The third-order valence-corrected chi connectivity index (χ3v) is 3.13. The topological polar surface area (TPSA) is 107 Å². The molecular weight excluding hydrogens is 236 g/mol. The summed E-state index contributed by atoms with van der Waals surface area (Å²) in [6, 6.07) is 3.29. The second-order valence-electron chi connectivity index (χ2n) is 2.86. The molecule has 0 unspecified atom stereocenters. The van der Waals surface area contributed by atoms with Gasteiger partial charge in [0.25, 0.3) is 21.8 Å². The van der Waals surface area contributed by atoms with Gasteiger partial charge in [-0.05, 0) is 12.5 Å². The van der Waals surface area contributed by atoms with Crippen molar-refractivity contribution in [3.05, 3.63) is 33.9 Å². The van der Waals surface area contributed by atoms with Gasteiger partial charge in [-0.2, -0.15) is 8.42 Å². The number of benzene rings is 1. The molecule has 0 saturated heterocycles. The van der Waals surface area contributed by atoms with E-state index in [2.05, 4.69) is 4.40 Å². The average molecular weight is 242 g/mol. The third kappa shape index (κ3) is 2.30. The molecule has 0 heterocycles. The van der Waals surface area contributed by atoms with Gasteiger partial charge in [-0.15, -0.1) is 0 Å². The summed E-state index contributed by atoms with van der Waals surface area (Å²) >= 11 is 0. The van der Waals surface area contributed by atoms with Crippen molar-refractivity contribution in [3.8, 4) is 0 Å². The molecule has 0 amide bonds. The summed E-state index contributed by atoms with van der Waals surface area (Å²) < 4.78 is 25.4. The van der Waals surface area contributed by atoms with E-state index in [4.69, 9.17) is 0 Å². The molecule has 0 fully saturated rings. The molecule has 0 bridgehead atoms. The van der Waals surface area contributed by atoms with Crippen LogP contribution in [-0.4, -0.2) is 19.4 Å². The number of nitro groups is 1. The number of non-ortho nitro benzene ring substituents is 1. The van der Waals surface area contributed by atoms with Crippen molar-refractivity contribution in [2.75, 3.05) is 0 Å². The van der Waals surface area contributed by atoms with E-state index < -0.39 is 14.9 Å². The normalized spacial score (nSPS) is 10.6. The Labute approximate surface area is 90.6 Å². The molecule has 0 N–H and O–H groups in total. The molecule has 8 heteroatoms. The summed E-state index contributed by atoms with van der Waals surface area (Å²) in [5.74, 6) is 0. The fraction of sp³-hybridized carbons (Fsp3) is 0.125. The van der Waals surface area contributed by atoms with E-state index >= 15 is 0 Å². The second-order valence-corrected chi connectivity index (χ2v) is 4.44. The number of hydrogen-bond donors (Lipinski definition) is 0. The van der Waals surface area contributed by atoms with E-state index in [1.54, 1.807) is 0 Å². The number of hydrogen-bond acceptors (Lipinski definition) is 5. The van der Waals surface area contributed by atoms with E-state index in [1.165, 1.54) is 19.1 Å². The number of isocyanates is 1. The third-order valence-electron chi connectivity index (χ3n) is 1.82. The van der Waals surface area contributed by atoms with E-state index in [0.29, 0.717) is 0 Å². The molecule has 7 nitrogen and oxygen atoms in total. The molecule has 1 rings (SSSR count). The van der Waals surface area contributed by atoms with Gasteiger partial charge in [-0.1, -0.05) is 10.5 Å². The van der Waals surface area contributed by atoms with Crippen LogP contribution < -0.4 is 0 Å². The highest BCUT2D eigenvalue weighted by atomic mass is 32.2. The van der Waals surface area contributed by atoms with Gasteiger partial charge in [0, 0.05) is 12.1 Å². The molecule has 1 aromatic carbocycles. The van der Waals surface area contributed by atoms with Crippen LogP contribution in [0.2, 0.25) is 0 Å². The van der Waals surface area contributed by atoms with Crippen LogP contribution in [0.4, 0.5) is 5.69 Å². The molecule has 0 aliphatic heterocycles. The summed E-state index contributed by atoms with van der Waals surface area (Å²) in [5, 5.41) is 10.5. The molecule has 0 spiro atoms. The van der Waals surface area contributed by atoms with Crippen LogP contribution in [0.5, 0.6) is 0 Å². The van der Waals surface area contributed by atoms with Crippen LogP contribution in [0.15, 0.2) is 27.5 Å². The van der Waals surface area contributed by atoms with Gasteiger partial charge in [-0.3, -0.25) is 10.1 Å². The lowest BCUT2D eigenvalue weighted by Gasteiger charge is -2.01. The standard InChI is InChI=1S/C8H6N2O5S/c1-6-2-3-7(10(12)13)4-8(6)16(14,15)9-5-11/h2-4H,1H3. The Hall–Kier alpha value is -2.05. The van der Waals surface area contributed by atoms with Gasteiger partial charge in [0.2, 0.25) is 0 Å². The van der Waals surface area contributed by atoms with Crippen molar-refractivity contribution in [2.45, 2.75) is 11.8 Å². The first kappa shape index (κ1) is 12.0. The fourth-order valence-corrected chi connectivity index (χ4v) is 2.02. The van der Waals surface area contributed by atoms with Crippen LogP contribution in [0.3, 0.4) is 0 Å². The number of sulfonamides is 1. The van der Waals surface area contributed by atoms with Gasteiger partial charge in [0.05, 0.1) is 9.82 Å². The number of rotatable bonds is 3. The predicted octanol–water partition coefficient (Wildman–Crippen LogP) is 0.928. The lowest BCUT2D eigenvalue weighted by atomic mass is 10.2. The van der Waals surface area contributed by atoms with Crippen molar-refractivity contribution in [3.63, 3.8) is 0 Å². The molecular formula is C8H6N2O5S. The lowest BCUT2D eigenvalue weighted by molar-refractivity contribution is -0.385. The summed E-state index contributed by atoms with van der Waals surface area (Å²) in [7, 11) is -4.20. The zero-order valence-electron chi connectivity index (χ0n) is 8.08. The van der Waals surface area contributed by atoms with E-state index in [1.807, 2.05) is 0 Å². The molecule has 1 aromatic rings. The molecule has 0 saturated carbocycles. The lowest BCUT2D eigenvalue weighted by Crippen LogP contribution is -2.00. The van der Waals surface area contributed by atoms with Gasteiger partial charge in [0.15, 0.2) is 0 Å². The van der Waals surface area contributed by atoms with Crippen LogP contribution in [0.1, 0.15) is 5.56 Å². The van der Waals surface area contributed by atoms with Crippen molar-refractivity contribution < 1.29 is 18.1 Å².